The maximum Gasteiger partial charge on any atom is 0.181 e. The van der Waals surface area contributed by atoms with Gasteiger partial charge in [0.1, 0.15) is 0 Å². The van der Waals surface area contributed by atoms with Crippen LogP contribution in [0.4, 0.5) is 5.69 Å². The maximum absolute atomic E-state index is 4.31. The number of aryl methyl sites for hydroxylation is 2. The van der Waals surface area contributed by atoms with E-state index in [4.69, 9.17) is 0 Å². The third-order valence-corrected chi connectivity index (χ3v) is 4.42. The van der Waals surface area contributed by atoms with Gasteiger partial charge in [0.25, 0.3) is 0 Å². The van der Waals surface area contributed by atoms with Crippen LogP contribution < -0.4 is 5.32 Å². The molecule has 1 N–H and O–H groups in total. The fourth-order valence-corrected chi connectivity index (χ4v) is 2.65. The van der Waals surface area contributed by atoms with Gasteiger partial charge in [-0.1, -0.05) is 42.3 Å². The van der Waals surface area contributed by atoms with Crippen molar-refractivity contribution in [1.29, 1.82) is 0 Å². The van der Waals surface area contributed by atoms with Crippen molar-refractivity contribution in [1.82, 2.24) is 20.2 Å². The molecular weight excluding hydrogens is 298 g/mol. The average molecular weight is 321 g/mol. The zero-order valence-corrected chi connectivity index (χ0v) is 14.6. The van der Waals surface area contributed by atoms with E-state index in [1.165, 1.54) is 11.1 Å². The molecule has 5 heteroatoms. The molecule has 0 aliphatic heterocycles. The molecule has 0 spiro atoms. The number of anilines is 1. The lowest BCUT2D eigenvalue weighted by Gasteiger charge is -2.29. The summed E-state index contributed by atoms with van der Waals surface area (Å²) in [6.07, 6.45) is 0.854. The maximum atomic E-state index is 4.31. The molecule has 124 valence electrons. The van der Waals surface area contributed by atoms with E-state index in [2.05, 4.69) is 84.9 Å². The average Bonchev–Trinajstić information content (AvgIpc) is 3.08. The van der Waals surface area contributed by atoms with Gasteiger partial charge in [-0.15, -0.1) is 5.10 Å². The van der Waals surface area contributed by atoms with E-state index in [1.54, 1.807) is 0 Å². The Balaban J connectivity index is 1.97. The fraction of sp³-hybridized carbons (Fsp3) is 0.316. The zero-order valence-electron chi connectivity index (χ0n) is 14.6. The van der Waals surface area contributed by atoms with Crippen molar-refractivity contribution in [2.45, 2.75) is 39.7 Å². The standard InChI is InChI=1S/C19H23N5/c1-5-19(4,20-16-10-6-14(2)7-11-16)18-21-22-23-24(18)17-12-8-15(3)9-13-17/h6-13,20H,5H2,1-4H3/t19-/m1/s1. The molecule has 0 saturated carbocycles. The van der Waals surface area contributed by atoms with Gasteiger partial charge >= 0.3 is 0 Å². The molecule has 0 bridgehead atoms. The summed E-state index contributed by atoms with van der Waals surface area (Å²) in [6.45, 7) is 8.42. The van der Waals surface area contributed by atoms with Gasteiger partial charge in [0.2, 0.25) is 0 Å². The molecule has 0 saturated heterocycles. The van der Waals surface area contributed by atoms with Gasteiger partial charge < -0.3 is 5.32 Å². The first-order chi connectivity index (χ1) is 11.5. The zero-order chi connectivity index (χ0) is 17.2. The molecule has 24 heavy (non-hydrogen) atoms. The Labute approximate surface area is 142 Å². The Morgan fingerprint density at radius 1 is 0.958 bits per heavy atom. The topological polar surface area (TPSA) is 55.6 Å². The molecule has 0 unspecified atom stereocenters. The molecule has 1 heterocycles. The van der Waals surface area contributed by atoms with Crippen LogP contribution in [0.2, 0.25) is 0 Å². The molecule has 3 aromatic rings. The van der Waals surface area contributed by atoms with Gasteiger partial charge in [-0.05, 0) is 61.9 Å². The second kappa shape index (κ2) is 6.43. The summed E-state index contributed by atoms with van der Waals surface area (Å²) in [6, 6.07) is 16.6. The van der Waals surface area contributed by atoms with Crippen LogP contribution in [-0.2, 0) is 5.54 Å². The van der Waals surface area contributed by atoms with Gasteiger partial charge in [-0.25, -0.2) is 0 Å². The second-order valence-corrected chi connectivity index (χ2v) is 6.43. The normalized spacial score (nSPS) is 13.5. The first-order valence-corrected chi connectivity index (χ1v) is 8.22. The minimum atomic E-state index is -0.371. The Morgan fingerprint density at radius 3 is 2.12 bits per heavy atom. The van der Waals surface area contributed by atoms with E-state index >= 15 is 0 Å². The number of hydrogen-bond acceptors (Lipinski definition) is 4. The van der Waals surface area contributed by atoms with Crippen LogP contribution in [-0.4, -0.2) is 20.2 Å². The van der Waals surface area contributed by atoms with Crippen molar-refractivity contribution >= 4 is 5.69 Å². The largest absolute Gasteiger partial charge is 0.373 e. The van der Waals surface area contributed by atoms with Gasteiger partial charge in [-0.2, -0.15) is 4.68 Å². The summed E-state index contributed by atoms with van der Waals surface area (Å²) in [7, 11) is 0. The highest BCUT2D eigenvalue weighted by molar-refractivity contribution is 5.48. The van der Waals surface area contributed by atoms with Crippen LogP contribution in [0, 0.1) is 13.8 Å². The van der Waals surface area contributed by atoms with Crippen LogP contribution in [0.25, 0.3) is 5.69 Å². The van der Waals surface area contributed by atoms with Gasteiger partial charge in [0, 0.05) is 5.69 Å². The Bertz CT molecular complexity index is 805. The number of nitrogens with one attached hydrogen (secondary N) is 1. The van der Waals surface area contributed by atoms with Crippen LogP contribution in [0.1, 0.15) is 37.2 Å². The summed E-state index contributed by atoms with van der Waals surface area (Å²) in [5.41, 5.74) is 4.10. The quantitative estimate of drug-likeness (QED) is 0.771. The van der Waals surface area contributed by atoms with E-state index in [-0.39, 0.29) is 5.54 Å². The second-order valence-electron chi connectivity index (χ2n) is 6.43. The molecule has 0 fully saturated rings. The van der Waals surface area contributed by atoms with Crippen molar-refractivity contribution in [2.75, 3.05) is 5.32 Å². The van der Waals surface area contributed by atoms with Crippen LogP contribution in [0.3, 0.4) is 0 Å². The predicted octanol–water partition coefficient (Wildman–Crippen LogP) is 4.02. The minimum Gasteiger partial charge on any atom is -0.373 e. The Kier molecular flexibility index (Phi) is 4.34. The summed E-state index contributed by atoms with van der Waals surface area (Å²) in [5, 5.41) is 16.0. The molecule has 2 aromatic carbocycles. The van der Waals surface area contributed by atoms with E-state index in [0.717, 1.165) is 23.6 Å². The summed E-state index contributed by atoms with van der Waals surface area (Å²) in [4.78, 5) is 0. The molecule has 1 atom stereocenters. The molecule has 3 rings (SSSR count). The fourth-order valence-electron chi connectivity index (χ4n) is 2.65. The van der Waals surface area contributed by atoms with Crippen molar-refractivity contribution in [3.8, 4) is 5.69 Å². The van der Waals surface area contributed by atoms with Crippen molar-refractivity contribution in [3.05, 3.63) is 65.5 Å². The lowest BCUT2D eigenvalue weighted by atomic mass is 9.96. The monoisotopic (exact) mass is 321 g/mol. The molecule has 0 amide bonds. The molecule has 0 aliphatic carbocycles. The number of benzene rings is 2. The molecule has 5 nitrogen and oxygen atoms in total. The number of hydrogen-bond donors (Lipinski definition) is 1. The van der Waals surface area contributed by atoms with Crippen molar-refractivity contribution < 1.29 is 0 Å². The number of rotatable bonds is 5. The number of tetrazole rings is 1. The van der Waals surface area contributed by atoms with Crippen LogP contribution in [0.5, 0.6) is 0 Å². The molecule has 1 aromatic heterocycles. The van der Waals surface area contributed by atoms with E-state index in [9.17, 15) is 0 Å². The summed E-state index contributed by atoms with van der Waals surface area (Å²) < 4.78 is 1.81. The highest BCUT2D eigenvalue weighted by Crippen LogP contribution is 2.29. The van der Waals surface area contributed by atoms with E-state index < -0.39 is 0 Å². The highest BCUT2D eigenvalue weighted by Gasteiger charge is 2.31. The third-order valence-electron chi connectivity index (χ3n) is 4.42. The first kappa shape index (κ1) is 16.2. The molecular formula is C19H23N5. The molecule has 0 aliphatic rings. The highest BCUT2D eigenvalue weighted by atomic mass is 15.6. The minimum absolute atomic E-state index is 0.371. The van der Waals surface area contributed by atoms with Crippen LogP contribution >= 0.6 is 0 Å². The SMILES string of the molecule is CC[C@@](C)(Nc1ccc(C)cc1)c1nnnn1-c1ccc(C)cc1. The lowest BCUT2D eigenvalue weighted by molar-refractivity contribution is 0.474. The Hall–Kier alpha value is -2.69. The summed E-state index contributed by atoms with van der Waals surface area (Å²) >= 11 is 0. The van der Waals surface area contributed by atoms with E-state index in [1.807, 2.05) is 16.8 Å². The van der Waals surface area contributed by atoms with Crippen molar-refractivity contribution in [3.63, 3.8) is 0 Å². The van der Waals surface area contributed by atoms with Gasteiger partial charge in [-0.3, -0.25) is 0 Å². The molecule has 0 radical (unpaired) electrons. The third kappa shape index (κ3) is 3.15. The number of nitrogens with zero attached hydrogens (tertiary/aromatic N) is 4. The number of aromatic nitrogens is 4. The lowest BCUT2D eigenvalue weighted by Crippen LogP contribution is -2.34. The first-order valence-electron chi connectivity index (χ1n) is 8.22. The van der Waals surface area contributed by atoms with Gasteiger partial charge in [0.05, 0.1) is 11.2 Å². The summed E-state index contributed by atoms with van der Waals surface area (Å²) in [5.74, 6) is 0.800. The smallest absolute Gasteiger partial charge is 0.181 e. The predicted molar refractivity (Wildman–Crippen MR) is 96.3 cm³/mol. The van der Waals surface area contributed by atoms with E-state index in [0.29, 0.717) is 0 Å². The Morgan fingerprint density at radius 2 is 1.54 bits per heavy atom. The van der Waals surface area contributed by atoms with Crippen molar-refractivity contribution in [2.24, 2.45) is 0 Å². The van der Waals surface area contributed by atoms with Gasteiger partial charge in [0.15, 0.2) is 5.82 Å². The van der Waals surface area contributed by atoms with Crippen LogP contribution in [0.15, 0.2) is 48.5 Å².